The fourth-order valence-corrected chi connectivity index (χ4v) is 3.34. The fraction of sp³-hybridized carbons (Fsp3) is 0.500. The molecule has 1 saturated heterocycles. The summed E-state index contributed by atoms with van der Waals surface area (Å²) in [5, 5.41) is 0. The molecule has 0 spiro atoms. The van der Waals surface area contributed by atoms with Gasteiger partial charge in [-0.1, -0.05) is 15.9 Å². The molecule has 1 fully saturated rings. The number of carbonyl (C=O) groups excluding carboxylic acids is 2. The van der Waals surface area contributed by atoms with Crippen molar-refractivity contribution < 1.29 is 9.59 Å². The van der Waals surface area contributed by atoms with E-state index in [2.05, 4.69) is 15.9 Å². The van der Waals surface area contributed by atoms with E-state index in [1.165, 1.54) is 0 Å². The second-order valence-corrected chi connectivity index (χ2v) is 6.73. The van der Waals surface area contributed by atoms with Crippen molar-refractivity contribution in [3.63, 3.8) is 0 Å². The third kappa shape index (κ3) is 3.84. The van der Waals surface area contributed by atoms with E-state index in [0.29, 0.717) is 18.7 Å². The molecule has 2 rings (SSSR count). The summed E-state index contributed by atoms with van der Waals surface area (Å²) in [5.74, 6) is 0.267. The van der Waals surface area contributed by atoms with E-state index >= 15 is 0 Å². The van der Waals surface area contributed by atoms with Gasteiger partial charge in [0, 0.05) is 43.1 Å². The van der Waals surface area contributed by atoms with Crippen LogP contribution in [0.5, 0.6) is 0 Å². The molecule has 0 N–H and O–H groups in total. The van der Waals surface area contributed by atoms with Gasteiger partial charge in [0.25, 0.3) is 5.91 Å². The number of nitrogens with zero attached hydrogens (tertiary/aromatic N) is 2. The van der Waals surface area contributed by atoms with E-state index in [0.717, 1.165) is 22.9 Å². The average Bonchev–Trinajstić information content (AvgIpc) is 2.44. The number of halogens is 1. The molecule has 1 aromatic carbocycles. The maximum Gasteiger partial charge on any atom is 0.253 e. The molecule has 0 bridgehead atoms. The topological polar surface area (TPSA) is 40.6 Å². The predicted octanol–water partition coefficient (Wildman–Crippen LogP) is 2.70. The Morgan fingerprint density at radius 1 is 1.19 bits per heavy atom. The van der Waals surface area contributed by atoms with Gasteiger partial charge in [-0.05, 0) is 43.5 Å². The van der Waals surface area contributed by atoms with Gasteiger partial charge in [-0.2, -0.15) is 0 Å². The predicted molar refractivity (Wildman–Crippen MR) is 86.2 cm³/mol. The molecule has 1 aliphatic heterocycles. The maximum atomic E-state index is 12.5. The summed E-state index contributed by atoms with van der Waals surface area (Å²) in [6.07, 6.45) is 1.49. The number of aryl methyl sites for hydroxylation is 1. The first-order valence-corrected chi connectivity index (χ1v) is 7.95. The summed E-state index contributed by atoms with van der Waals surface area (Å²) in [5.41, 5.74) is 1.77. The Labute approximate surface area is 134 Å². The second-order valence-electron chi connectivity index (χ2n) is 5.82. The van der Waals surface area contributed by atoms with Crippen molar-refractivity contribution in [1.82, 2.24) is 9.80 Å². The third-order valence-corrected chi connectivity index (χ3v) is 4.32. The Morgan fingerprint density at radius 2 is 1.81 bits per heavy atom. The first-order chi connectivity index (χ1) is 9.88. The molecule has 2 amide bonds. The highest BCUT2D eigenvalue weighted by Crippen LogP contribution is 2.22. The molecule has 1 aliphatic rings. The second kappa shape index (κ2) is 6.60. The first kappa shape index (κ1) is 16.0. The van der Waals surface area contributed by atoms with E-state index < -0.39 is 0 Å². The van der Waals surface area contributed by atoms with Crippen LogP contribution < -0.4 is 0 Å². The normalized spacial score (nSPS) is 15.9. The molecule has 114 valence electrons. The molecular formula is C16H21BrN2O2. The lowest BCUT2D eigenvalue weighted by Gasteiger charge is -2.32. The van der Waals surface area contributed by atoms with Gasteiger partial charge in [-0.15, -0.1) is 0 Å². The van der Waals surface area contributed by atoms with Crippen LogP contribution in [0.2, 0.25) is 0 Å². The summed E-state index contributed by atoms with van der Waals surface area (Å²) in [4.78, 5) is 28.0. The number of hydrogen-bond donors (Lipinski definition) is 0. The van der Waals surface area contributed by atoms with Crippen molar-refractivity contribution in [1.29, 1.82) is 0 Å². The SMILES string of the molecule is Cc1cc(Br)cc(C(=O)N2CCC(C(=O)N(C)C)CC2)c1. The van der Waals surface area contributed by atoms with Crippen molar-refractivity contribution in [3.05, 3.63) is 33.8 Å². The minimum atomic E-state index is 0.0493. The van der Waals surface area contributed by atoms with Crippen LogP contribution in [0.15, 0.2) is 22.7 Å². The first-order valence-electron chi connectivity index (χ1n) is 7.16. The lowest BCUT2D eigenvalue weighted by Crippen LogP contribution is -2.42. The number of carbonyl (C=O) groups is 2. The molecule has 0 atom stereocenters. The van der Waals surface area contributed by atoms with E-state index in [4.69, 9.17) is 0 Å². The Hall–Kier alpha value is -1.36. The molecule has 0 saturated carbocycles. The Morgan fingerprint density at radius 3 is 2.33 bits per heavy atom. The summed E-state index contributed by atoms with van der Waals surface area (Å²) < 4.78 is 0.920. The Kier molecular flexibility index (Phi) is 5.04. The summed E-state index contributed by atoms with van der Waals surface area (Å²) in [7, 11) is 3.56. The van der Waals surface area contributed by atoms with Crippen LogP contribution in [-0.2, 0) is 4.79 Å². The number of benzene rings is 1. The lowest BCUT2D eigenvalue weighted by molar-refractivity contribution is -0.134. The van der Waals surface area contributed by atoms with Crippen LogP contribution in [0.1, 0.15) is 28.8 Å². The summed E-state index contributed by atoms with van der Waals surface area (Å²) in [6, 6.07) is 5.75. The minimum absolute atomic E-state index is 0.0493. The highest BCUT2D eigenvalue weighted by Gasteiger charge is 2.28. The standard InChI is InChI=1S/C16H21BrN2O2/c1-11-8-13(10-14(17)9-11)16(21)19-6-4-12(5-7-19)15(20)18(2)3/h8-10,12H,4-7H2,1-3H3. The molecular weight excluding hydrogens is 332 g/mol. The van der Waals surface area contributed by atoms with Gasteiger partial charge in [0.2, 0.25) is 5.91 Å². The van der Waals surface area contributed by atoms with Gasteiger partial charge in [0.1, 0.15) is 0 Å². The van der Waals surface area contributed by atoms with E-state index in [1.807, 2.05) is 30.0 Å². The maximum absolute atomic E-state index is 12.5. The molecule has 21 heavy (non-hydrogen) atoms. The van der Waals surface area contributed by atoms with Gasteiger partial charge in [-0.25, -0.2) is 0 Å². The number of rotatable bonds is 2. The molecule has 0 aliphatic carbocycles. The zero-order chi connectivity index (χ0) is 15.6. The van der Waals surface area contributed by atoms with Crippen LogP contribution in [0.3, 0.4) is 0 Å². The zero-order valence-electron chi connectivity index (χ0n) is 12.7. The van der Waals surface area contributed by atoms with Crippen molar-refractivity contribution in [2.45, 2.75) is 19.8 Å². The van der Waals surface area contributed by atoms with E-state index in [-0.39, 0.29) is 17.7 Å². The molecule has 1 heterocycles. The minimum Gasteiger partial charge on any atom is -0.349 e. The van der Waals surface area contributed by atoms with Gasteiger partial charge >= 0.3 is 0 Å². The number of amides is 2. The number of piperidine rings is 1. The fourth-order valence-electron chi connectivity index (χ4n) is 2.74. The largest absolute Gasteiger partial charge is 0.349 e. The average molecular weight is 353 g/mol. The molecule has 0 unspecified atom stereocenters. The van der Waals surface area contributed by atoms with Crippen LogP contribution in [0.4, 0.5) is 0 Å². The molecule has 4 nitrogen and oxygen atoms in total. The summed E-state index contributed by atoms with van der Waals surface area (Å²) >= 11 is 3.43. The highest BCUT2D eigenvalue weighted by molar-refractivity contribution is 9.10. The lowest BCUT2D eigenvalue weighted by atomic mass is 9.95. The molecule has 0 radical (unpaired) electrons. The molecule has 0 aromatic heterocycles. The van der Waals surface area contributed by atoms with Gasteiger partial charge in [-0.3, -0.25) is 9.59 Å². The quantitative estimate of drug-likeness (QED) is 0.820. The van der Waals surface area contributed by atoms with E-state index in [9.17, 15) is 9.59 Å². The van der Waals surface area contributed by atoms with E-state index in [1.54, 1.807) is 19.0 Å². The van der Waals surface area contributed by atoms with Gasteiger partial charge < -0.3 is 9.80 Å². The van der Waals surface area contributed by atoms with Crippen LogP contribution >= 0.6 is 15.9 Å². The third-order valence-electron chi connectivity index (χ3n) is 3.86. The van der Waals surface area contributed by atoms with Gasteiger partial charge in [0.05, 0.1) is 0 Å². The van der Waals surface area contributed by atoms with Crippen LogP contribution in [-0.4, -0.2) is 48.8 Å². The van der Waals surface area contributed by atoms with Crippen LogP contribution in [0.25, 0.3) is 0 Å². The smallest absolute Gasteiger partial charge is 0.253 e. The van der Waals surface area contributed by atoms with Crippen molar-refractivity contribution in [2.75, 3.05) is 27.2 Å². The highest BCUT2D eigenvalue weighted by atomic mass is 79.9. The number of hydrogen-bond acceptors (Lipinski definition) is 2. The van der Waals surface area contributed by atoms with Gasteiger partial charge in [0.15, 0.2) is 0 Å². The Bertz CT molecular complexity index is 529. The zero-order valence-corrected chi connectivity index (χ0v) is 14.3. The number of likely N-dealkylation sites (tertiary alicyclic amines) is 1. The van der Waals surface area contributed by atoms with Crippen molar-refractivity contribution in [2.24, 2.45) is 5.92 Å². The Balaban J connectivity index is 2.02. The summed E-state index contributed by atoms with van der Waals surface area (Å²) in [6.45, 7) is 3.27. The van der Waals surface area contributed by atoms with Crippen molar-refractivity contribution >= 4 is 27.7 Å². The molecule has 1 aromatic rings. The monoisotopic (exact) mass is 352 g/mol. The van der Waals surface area contributed by atoms with Crippen LogP contribution in [0, 0.1) is 12.8 Å². The van der Waals surface area contributed by atoms with Crippen molar-refractivity contribution in [3.8, 4) is 0 Å². The molecule has 5 heteroatoms.